The number of methoxy groups -OCH3 is 1. The Kier molecular flexibility index (Phi) is 3.83. The average Bonchev–Trinajstić information content (AvgIpc) is 3.24. The number of hydrogen-bond donors (Lipinski definition) is 1. The van der Waals surface area contributed by atoms with E-state index in [0.717, 1.165) is 30.0 Å². The van der Waals surface area contributed by atoms with Gasteiger partial charge in [-0.1, -0.05) is 23.9 Å². The molecule has 0 atom stereocenters. The van der Waals surface area contributed by atoms with Crippen LogP contribution in [-0.4, -0.2) is 38.7 Å². The molecule has 1 aromatic carbocycles. The highest BCUT2D eigenvalue weighted by Gasteiger charge is 2.30. The van der Waals surface area contributed by atoms with Gasteiger partial charge in [-0.15, -0.1) is 10.2 Å². The minimum absolute atomic E-state index is 0.0109. The Hall–Kier alpha value is -2.02. The van der Waals surface area contributed by atoms with Gasteiger partial charge in [-0.05, 0) is 25.0 Å². The molecule has 1 aliphatic carbocycles. The summed E-state index contributed by atoms with van der Waals surface area (Å²) < 4.78 is 7.28. The lowest BCUT2D eigenvalue weighted by Crippen LogP contribution is -2.03. The molecule has 21 heavy (non-hydrogen) atoms. The molecule has 0 spiro atoms. The van der Waals surface area contributed by atoms with Gasteiger partial charge in [0.05, 0.1) is 12.9 Å². The maximum Gasteiger partial charge on any atom is 0.313 e. The number of rotatable bonds is 6. The molecule has 0 bridgehead atoms. The number of carboxylic acids is 1. The first-order valence-electron chi connectivity index (χ1n) is 6.63. The molecule has 0 aliphatic heterocycles. The smallest absolute Gasteiger partial charge is 0.313 e. The number of aliphatic carboxylic acids is 1. The number of carboxylic acid groups (broad SMARTS) is 1. The molecule has 0 amide bonds. The Bertz CT molecular complexity index is 667. The van der Waals surface area contributed by atoms with Crippen LogP contribution in [0.2, 0.25) is 0 Å². The molecule has 110 valence electrons. The number of ether oxygens (including phenoxy) is 1. The van der Waals surface area contributed by atoms with Crippen LogP contribution in [0.1, 0.15) is 18.9 Å². The summed E-state index contributed by atoms with van der Waals surface area (Å²) >= 11 is 1.21. The minimum atomic E-state index is -0.853. The van der Waals surface area contributed by atoms with Gasteiger partial charge in [-0.2, -0.15) is 0 Å². The van der Waals surface area contributed by atoms with Crippen molar-refractivity contribution < 1.29 is 14.6 Å². The largest absolute Gasteiger partial charge is 0.497 e. The van der Waals surface area contributed by atoms with Crippen LogP contribution in [-0.2, 0) is 4.79 Å². The predicted octanol–water partition coefficient (Wildman–Crippen LogP) is 2.47. The average molecular weight is 305 g/mol. The van der Waals surface area contributed by atoms with Crippen LogP contribution >= 0.6 is 11.8 Å². The van der Waals surface area contributed by atoms with E-state index >= 15 is 0 Å². The van der Waals surface area contributed by atoms with Gasteiger partial charge in [0, 0.05) is 11.6 Å². The highest BCUT2D eigenvalue weighted by molar-refractivity contribution is 7.99. The second-order valence-corrected chi connectivity index (χ2v) is 5.76. The van der Waals surface area contributed by atoms with E-state index in [9.17, 15) is 4.79 Å². The van der Waals surface area contributed by atoms with E-state index in [1.165, 1.54) is 11.8 Å². The standard InChI is InChI=1S/C14H15N3O3S/c1-20-11-4-2-3-9(7-11)13-15-16-14(21-8-12(18)19)17(13)10-5-6-10/h2-4,7,10H,5-6,8H2,1H3,(H,18,19). The highest BCUT2D eigenvalue weighted by Crippen LogP contribution is 2.41. The monoisotopic (exact) mass is 305 g/mol. The van der Waals surface area contributed by atoms with Gasteiger partial charge in [0.25, 0.3) is 0 Å². The fourth-order valence-electron chi connectivity index (χ4n) is 2.12. The third-order valence-corrected chi connectivity index (χ3v) is 4.16. The van der Waals surface area contributed by atoms with Crippen LogP contribution in [0.4, 0.5) is 0 Å². The summed E-state index contributed by atoms with van der Waals surface area (Å²) in [5.41, 5.74) is 0.927. The topological polar surface area (TPSA) is 77.2 Å². The van der Waals surface area contributed by atoms with Crippen molar-refractivity contribution in [2.75, 3.05) is 12.9 Å². The van der Waals surface area contributed by atoms with Crippen LogP contribution in [0.5, 0.6) is 5.75 Å². The molecule has 2 aromatic rings. The lowest BCUT2D eigenvalue weighted by molar-refractivity contribution is -0.133. The fourth-order valence-corrected chi connectivity index (χ4v) is 2.85. The van der Waals surface area contributed by atoms with E-state index in [1.807, 2.05) is 28.8 Å². The molecular formula is C14H15N3O3S. The molecule has 1 heterocycles. The number of aromatic nitrogens is 3. The van der Waals surface area contributed by atoms with Crippen molar-refractivity contribution in [3.8, 4) is 17.1 Å². The summed E-state index contributed by atoms with van der Waals surface area (Å²) in [5, 5.41) is 17.9. The summed E-state index contributed by atoms with van der Waals surface area (Å²) in [4.78, 5) is 10.7. The molecule has 0 saturated heterocycles. The quantitative estimate of drug-likeness (QED) is 0.826. The Morgan fingerprint density at radius 1 is 1.48 bits per heavy atom. The van der Waals surface area contributed by atoms with E-state index in [2.05, 4.69) is 10.2 Å². The predicted molar refractivity (Wildman–Crippen MR) is 78.6 cm³/mol. The third kappa shape index (κ3) is 3.02. The number of carbonyl (C=O) groups is 1. The van der Waals surface area contributed by atoms with Gasteiger partial charge >= 0.3 is 5.97 Å². The second-order valence-electron chi connectivity index (χ2n) is 4.82. The molecule has 6 nitrogen and oxygen atoms in total. The van der Waals surface area contributed by atoms with E-state index < -0.39 is 5.97 Å². The van der Waals surface area contributed by atoms with Crippen molar-refractivity contribution >= 4 is 17.7 Å². The third-order valence-electron chi connectivity index (χ3n) is 3.23. The first-order chi connectivity index (χ1) is 10.2. The van der Waals surface area contributed by atoms with Gasteiger partial charge < -0.3 is 9.84 Å². The number of hydrogen-bond acceptors (Lipinski definition) is 5. The maximum atomic E-state index is 10.7. The first kappa shape index (κ1) is 13.9. The molecule has 1 N–H and O–H groups in total. The maximum absolute atomic E-state index is 10.7. The lowest BCUT2D eigenvalue weighted by atomic mass is 10.2. The van der Waals surface area contributed by atoms with Crippen LogP contribution in [0.25, 0.3) is 11.4 Å². The molecule has 7 heteroatoms. The number of thioether (sulfide) groups is 1. The van der Waals surface area contributed by atoms with Gasteiger partial charge in [-0.25, -0.2) is 0 Å². The minimum Gasteiger partial charge on any atom is -0.497 e. The van der Waals surface area contributed by atoms with Crippen molar-refractivity contribution in [3.05, 3.63) is 24.3 Å². The van der Waals surface area contributed by atoms with Gasteiger partial charge in [-0.3, -0.25) is 9.36 Å². The normalized spacial score (nSPS) is 14.1. The molecule has 1 fully saturated rings. The zero-order chi connectivity index (χ0) is 14.8. The number of nitrogens with zero attached hydrogens (tertiary/aromatic N) is 3. The van der Waals surface area contributed by atoms with E-state index in [-0.39, 0.29) is 5.75 Å². The fraction of sp³-hybridized carbons (Fsp3) is 0.357. The van der Waals surface area contributed by atoms with Crippen molar-refractivity contribution in [1.82, 2.24) is 14.8 Å². The zero-order valence-electron chi connectivity index (χ0n) is 11.5. The molecule has 1 saturated carbocycles. The first-order valence-corrected chi connectivity index (χ1v) is 7.61. The second kappa shape index (κ2) is 5.77. The van der Waals surface area contributed by atoms with Crippen molar-refractivity contribution in [2.24, 2.45) is 0 Å². The van der Waals surface area contributed by atoms with Gasteiger partial charge in [0.2, 0.25) is 0 Å². The van der Waals surface area contributed by atoms with E-state index in [1.54, 1.807) is 7.11 Å². The highest BCUT2D eigenvalue weighted by atomic mass is 32.2. The molecule has 1 aromatic heterocycles. The lowest BCUT2D eigenvalue weighted by Gasteiger charge is -2.09. The molecule has 3 rings (SSSR count). The van der Waals surface area contributed by atoms with Crippen LogP contribution < -0.4 is 4.74 Å². The zero-order valence-corrected chi connectivity index (χ0v) is 12.3. The van der Waals surface area contributed by atoms with Crippen LogP contribution in [0.15, 0.2) is 29.4 Å². The molecule has 1 aliphatic rings. The molecular weight excluding hydrogens is 290 g/mol. The SMILES string of the molecule is COc1cccc(-c2nnc(SCC(=O)O)n2C2CC2)c1. The van der Waals surface area contributed by atoms with E-state index in [0.29, 0.717) is 11.2 Å². The van der Waals surface area contributed by atoms with Gasteiger partial charge in [0.15, 0.2) is 11.0 Å². The van der Waals surface area contributed by atoms with E-state index in [4.69, 9.17) is 9.84 Å². The van der Waals surface area contributed by atoms with Crippen LogP contribution in [0.3, 0.4) is 0 Å². The van der Waals surface area contributed by atoms with Crippen molar-refractivity contribution in [3.63, 3.8) is 0 Å². The summed E-state index contributed by atoms with van der Waals surface area (Å²) in [6.07, 6.45) is 2.16. The number of benzene rings is 1. The van der Waals surface area contributed by atoms with Gasteiger partial charge in [0.1, 0.15) is 5.75 Å². The Labute approximate surface area is 126 Å². The Morgan fingerprint density at radius 2 is 2.29 bits per heavy atom. The summed E-state index contributed by atoms with van der Waals surface area (Å²) in [7, 11) is 1.62. The van der Waals surface area contributed by atoms with Crippen molar-refractivity contribution in [1.29, 1.82) is 0 Å². The van der Waals surface area contributed by atoms with Crippen LogP contribution in [0, 0.1) is 0 Å². The Balaban J connectivity index is 1.96. The molecule has 0 unspecified atom stereocenters. The summed E-state index contributed by atoms with van der Waals surface area (Å²) in [5.74, 6) is 0.665. The summed E-state index contributed by atoms with van der Waals surface area (Å²) in [6, 6.07) is 8.02. The van der Waals surface area contributed by atoms with Crippen molar-refractivity contribution in [2.45, 2.75) is 24.0 Å². The Morgan fingerprint density at radius 3 is 2.95 bits per heavy atom. The summed E-state index contributed by atoms with van der Waals surface area (Å²) in [6.45, 7) is 0. The molecule has 0 radical (unpaired) electrons.